The Morgan fingerprint density at radius 3 is 2.62 bits per heavy atom. The molecule has 0 saturated carbocycles. The number of rotatable bonds is 0. The zero-order valence-electron chi connectivity index (χ0n) is 7.19. The highest BCUT2D eigenvalue weighted by Crippen LogP contribution is 2.04. The predicted molar refractivity (Wildman–Crippen MR) is 48.7 cm³/mol. The van der Waals surface area contributed by atoms with Crippen LogP contribution in [0.15, 0.2) is 0 Å². The number of nitrogens with zero attached hydrogens (tertiary/aromatic N) is 1. The van der Waals surface area contributed by atoms with E-state index in [0.717, 1.165) is 0 Å². The third-order valence-corrected chi connectivity index (χ3v) is 3.68. The smallest absolute Gasteiger partial charge is 0.298 e. The highest BCUT2D eigenvalue weighted by Gasteiger charge is 2.21. The molecule has 1 saturated heterocycles. The third kappa shape index (κ3) is 2.74. The van der Waals surface area contributed by atoms with E-state index in [4.69, 9.17) is 6.42 Å². The largest absolute Gasteiger partial charge is 0.331 e. The van der Waals surface area contributed by atoms with Gasteiger partial charge in [-0.1, -0.05) is 0 Å². The molecule has 0 radical (unpaired) electrons. The van der Waals surface area contributed by atoms with Gasteiger partial charge in [0.25, 0.3) is 5.91 Å². The minimum Gasteiger partial charge on any atom is -0.331 e. The van der Waals surface area contributed by atoms with Crippen molar-refractivity contribution in [3.05, 3.63) is 0 Å². The van der Waals surface area contributed by atoms with Crippen LogP contribution in [0.5, 0.6) is 0 Å². The van der Waals surface area contributed by atoms with Crippen molar-refractivity contribution in [1.29, 1.82) is 0 Å². The summed E-state index contributed by atoms with van der Waals surface area (Å²) in [6.45, 7) is 0.674. The van der Waals surface area contributed by atoms with Crippen molar-refractivity contribution < 1.29 is 13.2 Å². The SMILES string of the molecule is C#CC(=O)N1CCCS(=O)(=O)CC1. The van der Waals surface area contributed by atoms with Crippen molar-refractivity contribution in [3.8, 4) is 12.3 Å². The van der Waals surface area contributed by atoms with E-state index in [1.807, 2.05) is 5.92 Å². The molecule has 0 aromatic rings. The van der Waals surface area contributed by atoms with E-state index < -0.39 is 15.7 Å². The van der Waals surface area contributed by atoms with Gasteiger partial charge in [0.2, 0.25) is 0 Å². The molecule has 0 N–H and O–H groups in total. The molecule has 0 aromatic heterocycles. The molecule has 4 nitrogen and oxygen atoms in total. The van der Waals surface area contributed by atoms with Gasteiger partial charge in [0.05, 0.1) is 11.5 Å². The predicted octanol–water partition coefficient (Wildman–Crippen LogP) is -0.733. The fourth-order valence-corrected chi connectivity index (χ4v) is 2.50. The van der Waals surface area contributed by atoms with Gasteiger partial charge >= 0.3 is 0 Å². The second kappa shape index (κ2) is 3.79. The second-order valence-corrected chi connectivity index (χ2v) is 5.25. The fraction of sp³-hybridized carbons (Fsp3) is 0.625. The van der Waals surface area contributed by atoms with Crippen LogP contribution in [0.3, 0.4) is 0 Å². The second-order valence-electron chi connectivity index (χ2n) is 2.94. The number of hydrogen-bond donors (Lipinski definition) is 0. The normalized spacial score (nSPS) is 21.6. The highest BCUT2D eigenvalue weighted by atomic mass is 32.2. The Morgan fingerprint density at radius 1 is 1.31 bits per heavy atom. The van der Waals surface area contributed by atoms with Crippen LogP contribution >= 0.6 is 0 Å². The molecule has 1 aliphatic heterocycles. The number of amides is 1. The number of hydrogen-bond acceptors (Lipinski definition) is 3. The average molecular weight is 201 g/mol. The van der Waals surface area contributed by atoms with Gasteiger partial charge in [0.15, 0.2) is 9.84 Å². The van der Waals surface area contributed by atoms with Gasteiger partial charge in [-0.2, -0.15) is 0 Å². The van der Waals surface area contributed by atoms with E-state index in [0.29, 0.717) is 13.0 Å². The molecule has 0 unspecified atom stereocenters. The zero-order valence-corrected chi connectivity index (χ0v) is 8.01. The van der Waals surface area contributed by atoms with Crippen LogP contribution in [0, 0.1) is 12.3 Å². The fourth-order valence-electron chi connectivity index (χ4n) is 1.23. The molecule has 0 spiro atoms. The lowest BCUT2D eigenvalue weighted by atomic mass is 10.4. The molecule has 13 heavy (non-hydrogen) atoms. The summed E-state index contributed by atoms with van der Waals surface area (Å²) in [6, 6.07) is 0. The Balaban J connectivity index is 2.66. The summed E-state index contributed by atoms with van der Waals surface area (Å²) in [6.07, 6.45) is 5.41. The number of carbonyl (C=O) groups excluding carboxylic acids is 1. The molecule has 72 valence electrons. The number of sulfone groups is 1. The summed E-state index contributed by atoms with van der Waals surface area (Å²) in [5, 5.41) is 0. The average Bonchev–Trinajstić information content (AvgIpc) is 2.25. The minimum atomic E-state index is -2.96. The first-order valence-corrected chi connectivity index (χ1v) is 5.83. The van der Waals surface area contributed by atoms with Gasteiger partial charge in [-0.05, 0) is 12.3 Å². The zero-order chi connectivity index (χ0) is 9.90. The monoisotopic (exact) mass is 201 g/mol. The van der Waals surface area contributed by atoms with Gasteiger partial charge < -0.3 is 4.90 Å². The lowest BCUT2D eigenvalue weighted by Gasteiger charge is -2.15. The molecular formula is C8H11NO3S. The van der Waals surface area contributed by atoms with E-state index in [1.165, 1.54) is 4.90 Å². The van der Waals surface area contributed by atoms with Gasteiger partial charge in [0, 0.05) is 13.1 Å². The third-order valence-electron chi connectivity index (χ3n) is 1.97. The van der Waals surface area contributed by atoms with Crippen LogP contribution in [0.1, 0.15) is 6.42 Å². The molecule has 0 aliphatic carbocycles. The van der Waals surface area contributed by atoms with E-state index in [2.05, 4.69) is 0 Å². The Labute approximate surface area is 77.8 Å². The van der Waals surface area contributed by atoms with E-state index in [-0.39, 0.29) is 18.1 Å². The number of terminal acetylenes is 1. The van der Waals surface area contributed by atoms with Crippen molar-refractivity contribution >= 4 is 15.7 Å². The first-order valence-electron chi connectivity index (χ1n) is 4.01. The van der Waals surface area contributed by atoms with Crippen molar-refractivity contribution in [2.45, 2.75) is 6.42 Å². The maximum absolute atomic E-state index is 11.1. The van der Waals surface area contributed by atoms with Gasteiger partial charge in [-0.25, -0.2) is 8.42 Å². The van der Waals surface area contributed by atoms with Crippen LogP contribution in [-0.4, -0.2) is 43.8 Å². The summed E-state index contributed by atoms with van der Waals surface area (Å²) < 4.78 is 22.3. The van der Waals surface area contributed by atoms with Crippen LogP contribution < -0.4 is 0 Å². The van der Waals surface area contributed by atoms with Crippen LogP contribution in [0.4, 0.5) is 0 Å². The first-order chi connectivity index (χ1) is 6.05. The maximum Gasteiger partial charge on any atom is 0.298 e. The minimum absolute atomic E-state index is 0.0282. The molecule has 1 fully saturated rings. The summed E-state index contributed by atoms with van der Waals surface area (Å²) >= 11 is 0. The summed E-state index contributed by atoms with van der Waals surface area (Å²) in [4.78, 5) is 12.4. The lowest BCUT2D eigenvalue weighted by Crippen LogP contribution is -2.32. The maximum atomic E-state index is 11.1. The molecule has 1 aliphatic rings. The van der Waals surface area contributed by atoms with Crippen molar-refractivity contribution in [2.24, 2.45) is 0 Å². The molecule has 1 amide bonds. The summed E-state index contributed by atoms with van der Waals surface area (Å²) in [7, 11) is -2.96. The molecule has 5 heteroatoms. The van der Waals surface area contributed by atoms with Crippen LogP contribution in [0.25, 0.3) is 0 Å². The Morgan fingerprint density at radius 2 is 2.00 bits per heavy atom. The molecular weight excluding hydrogens is 190 g/mol. The van der Waals surface area contributed by atoms with Crippen LogP contribution in [0.2, 0.25) is 0 Å². The lowest BCUT2D eigenvalue weighted by molar-refractivity contribution is -0.124. The van der Waals surface area contributed by atoms with Crippen molar-refractivity contribution in [2.75, 3.05) is 24.6 Å². The Kier molecular flexibility index (Phi) is 2.94. The van der Waals surface area contributed by atoms with Crippen LogP contribution in [-0.2, 0) is 14.6 Å². The molecule has 1 heterocycles. The molecule has 0 atom stereocenters. The van der Waals surface area contributed by atoms with Gasteiger partial charge in [0.1, 0.15) is 0 Å². The van der Waals surface area contributed by atoms with E-state index >= 15 is 0 Å². The van der Waals surface area contributed by atoms with Gasteiger partial charge in [-0.3, -0.25) is 4.79 Å². The summed E-state index contributed by atoms with van der Waals surface area (Å²) in [5.41, 5.74) is 0. The Bertz CT molecular complexity index is 339. The summed E-state index contributed by atoms with van der Waals surface area (Å²) in [5.74, 6) is 1.74. The van der Waals surface area contributed by atoms with E-state index in [1.54, 1.807) is 0 Å². The van der Waals surface area contributed by atoms with E-state index in [9.17, 15) is 13.2 Å². The molecule has 0 aromatic carbocycles. The number of carbonyl (C=O) groups is 1. The highest BCUT2D eigenvalue weighted by molar-refractivity contribution is 7.91. The Hall–Kier alpha value is -1.02. The first kappa shape index (κ1) is 10.1. The molecule has 1 rings (SSSR count). The van der Waals surface area contributed by atoms with Crippen molar-refractivity contribution in [1.82, 2.24) is 4.90 Å². The quantitative estimate of drug-likeness (QED) is 0.485. The standard InChI is InChI=1S/C8H11NO3S/c1-2-8(10)9-4-3-6-13(11,12)7-5-9/h1H,3-7H2. The van der Waals surface area contributed by atoms with Crippen molar-refractivity contribution in [3.63, 3.8) is 0 Å². The molecule has 0 bridgehead atoms. The van der Waals surface area contributed by atoms with Gasteiger partial charge in [-0.15, -0.1) is 6.42 Å². The topological polar surface area (TPSA) is 54.5 Å².